The molecule has 2 N–H and O–H groups in total. The van der Waals surface area contributed by atoms with Crippen LogP contribution >= 0.6 is 0 Å². The molecule has 1 amide bonds. The lowest BCUT2D eigenvalue weighted by Crippen LogP contribution is -2.35. The van der Waals surface area contributed by atoms with E-state index in [0.717, 1.165) is 12.8 Å². The van der Waals surface area contributed by atoms with Crippen molar-refractivity contribution in [3.05, 3.63) is 0 Å². The van der Waals surface area contributed by atoms with Gasteiger partial charge in [-0.1, -0.05) is 0 Å². The summed E-state index contributed by atoms with van der Waals surface area (Å²) in [7, 11) is 1.66. The number of nitrogens with one attached hydrogen (secondary N) is 1. The maximum atomic E-state index is 12.2. The van der Waals surface area contributed by atoms with Crippen LogP contribution in [0.5, 0.6) is 0 Å². The lowest BCUT2D eigenvalue weighted by atomic mass is 10.0. The Morgan fingerprint density at radius 1 is 0.657 bits per heavy atom. The number of methoxy groups -OCH3 is 1. The smallest absolute Gasteiger partial charge is 0.220 e. The predicted molar refractivity (Wildman–Crippen MR) is 142 cm³/mol. The number of carbonyl (C=O) groups excluding carboxylic acids is 1. The average molecular weight is 504 g/mol. The summed E-state index contributed by atoms with van der Waals surface area (Å²) in [4.78, 5) is 12.2. The highest BCUT2D eigenvalue weighted by molar-refractivity contribution is 5.76. The number of aliphatic hydroxyl groups excluding tert-OH is 1. The molecule has 2 radical (unpaired) electrons. The summed E-state index contributed by atoms with van der Waals surface area (Å²) in [6.07, 6.45) is 3.14. The number of hydrogen-bond acceptors (Lipinski definition) is 7. The first kappa shape index (κ1) is 36.5. The third kappa shape index (κ3) is 21.1. The quantitative estimate of drug-likeness (QED) is 0.183. The first-order valence-electron chi connectivity index (χ1n) is 12.6. The molecular weight excluding hydrogens is 449 g/mol. The molecule has 0 aliphatic carbocycles. The number of hydrogen-bond donors (Lipinski definition) is 2. The summed E-state index contributed by atoms with van der Waals surface area (Å²) in [6.45, 7) is 19.3. The molecule has 0 unspecified atom stereocenters. The van der Waals surface area contributed by atoms with Crippen LogP contribution in [0.1, 0.15) is 87.5 Å². The van der Waals surface area contributed by atoms with Gasteiger partial charge in [0, 0.05) is 35.1 Å². The van der Waals surface area contributed by atoms with Crippen molar-refractivity contribution in [3.63, 3.8) is 0 Å². The Kier molecular flexibility index (Phi) is 18.4. The molecule has 0 atom stereocenters. The number of amides is 1. The summed E-state index contributed by atoms with van der Waals surface area (Å²) in [5, 5.41) is 12.0. The highest BCUT2D eigenvalue weighted by Crippen LogP contribution is 2.21. The van der Waals surface area contributed by atoms with Crippen LogP contribution in [0.25, 0.3) is 0 Å². The van der Waals surface area contributed by atoms with Crippen LogP contribution in [0, 0.1) is 0 Å². The molecule has 0 aliphatic rings. The molecule has 0 aromatic rings. The van der Waals surface area contributed by atoms with Gasteiger partial charge >= 0.3 is 0 Å². The molecule has 35 heavy (non-hydrogen) atoms. The molecule has 8 nitrogen and oxygen atoms in total. The van der Waals surface area contributed by atoms with Gasteiger partial charge in [0.1, 0.15) is 0 Å². The molecule has 0 saturated carbocycles. The van der Waals surface area contributed by atoms with Crippen molar-refractivity contribution >= 4 is 14.3 Å². The van der Waals surface area contributed by atoms with E-state index in [0.29, 0.717) is 58.8 Å². The summed E-state index contributed by atoms with van der Waals surface area (Å²) in [5.41, 5.74) is -1.36. The maximum absolute atomic E-state index is 12.2. The molecule has 0 rings (SSSR count). The van der Waals surface area contributed by atoms with E-state index in [1.54, 1.807) is 7.11 Å². The highest BCUT2D eigenvalue weighted by Gasteiger charge is 2.24. The van der Waals surface area contributed by atoms with Gasteiger partial charge in [-0.2, -0.15) is 0 Å². The van der Waals surface area contributed by atoms with Crippen LogP contribution in [0.15, 0.2) is 0 Å². The molecule has 0 spiro atoms. The number of rotatable bonds is 21. The second-order valence-electron chi connectivity index (χ2n) is 11.2. The fourth-order valence-corrected chi connectivity index (χ4v) is 3.13. The Morgan fingerprint density at radius 3 is 1.57 bits per heavy atom. The van der Waals surface area contributed by atoms with Gasteiger partial charge in [-0.3, -0.25) is 4.79 Å². The van der Waals surface area contributed by atoms with Crippen molar-refractivity contribution < 1.29 is 33.6 Å². The zero-order valence-corrected chi connectivity index (χ0v) is 24.1. The van der Waals surface area contributed by atoms with E-state index in [4.69, 9.17) is 28.8 Å². The number of ether oxygens (including phenoxy) is 5. The van der Waals surface area contributed by atoms with Gasteiger partial charge in [0.25, 0.3) is 0 Å². The third-order valence-corrected chi connectivity index (χ3v) is 5.76. The largest absolute Gasteiger partial charge is 0.396 e. The van der Waals surface area contributed by atoms with Gasteiger partial charge in [0.2, 0.25) is 5.91 Å². The van der Waals surface area contributed by atoms with Crippen molar-refractivity contribution in [1.29, 1.82) is 0 Å². The van der Waals surface area contributed by atoms with Crippen LogP contribution in [-0.2, 0) is 28.5 Å². The molecular formula is C26H54BNO7. The molecule has 0 saturated heterocycles. The predicted octanol–water partition coefficient (Wildman–Crippen LogP) is 3.22. The van der Waals surface area contributed by atoms with E-state index < -0.39 is 0 Å². The minimum atomic E-state index is -0.387. The second kappa shape index (κ2) is 17.7. The van der Waals surface area contributed by atoms with E-state index in [1.807, 2.05) is 55.4 Å². The molecule has 9 heteroatoms. The summed E-state index contributed by atoms with van der Waals surface area (Å²) < 4.78 is 28.6. The molecule has 208 valence electrons. The standard InChI is InChI=1S/C26H53NO7.BH/c1-23(2,31-17-14-26(7,8)34-21-20-30-9)11-10-22(29)27-15-19-33-25(5,6)13-18-32-24(3,4)12-16-28;/h28H,10-21H2,1-9H3,(H,27,29);1H. The zero-order chi connectivity index (χ0) is 26.3. The number of carbonyl (C=O) groups is 1. The molecule has 0 heterocycles. The Bertz CT molecular complexity index is 554. The van der Waals surface area contributed by atoms with Gasteiger partial charge in [-0.15, -0.1) is 0 Å². The summed E-state index contributed by atoms with van der Waals surface area (Å²) in [5.74, 6) is -0.00426. The Morgan fingerprint density at radius 2 is 1.09 bits per heavy atom. The van der Waals surface area contributed by atoms with Crippen LogP contribution in [0.4, 0.5) is 0 Å². The van der Waals surface area contributed by atoms with Crippen molar-refractivity contribution in [2.24, 2.45) is 0 Å². The van der Waals surface area contributed by atoms with Crippen molar-refractivity contribution in [2.75, 3.05) is 53.3 Å². The molecule has 0 bridgehead atoms. The molecule has 0 aromatic carbocycles. The Hall–Kier alpha value is -0.705. The van der Waals surface area contributed by atoms with Gasteiger partial charge in [-0.05, 0) is 81.1 Å². The van der Waals surface area contributed by atoms with E-state index in [2.05, 4.69) is 5.32 Å². The topological polar surface area (TPSA) is 95.5 Å². The fourth-order valence-electron chi connectivity index (χ4n) is 3.13. The summed E-state index contributed by atoms with van der Waals surface area (Å²) >= 11 is 0. The van der Waals surface area contributed by atoms with E-state index in [9.17, 15) is 4.79 Å². The van der Waals surface area contributed by atoms with E-state index >= 15 is 0 Å². The zero-order valence-electron chi connectivity index (χ0n) is 24.1. The van der Waals surface area contributed by atoms with Crippen LogP contribution in [0.2, 0.25) is 0 Å². The van der Waals surface area contributed by atoms with Gasteiger partial charge in [0.05, 0.1) is 55.4 Å². The van der Waals surface area contributed by atoms with Gasteiger partial charge < -0.3 is 34.1 Å². The second-order valence-corrected chi connectivity index (χ2v) is 11.2. The first-order chi connectivity index (χ1) is 15.6. The first-order valence-corrected chi connectivity index (χ1v) is 12.6. The van der Waals surface area contributed by atoms with Crippen molar-refractivity contribution in [3.8, 4) is 0 Å². The summed E-state index contributed by atoms with van der Waals surface area (Å²) in [6, 6.07) is 0. The van der Waals surface area contributed by atoms with Crippen molar-refractivity contribution in [1.82, 2.24) is 5.32 Å². The maximum Gasteiger partial charge on any atom is 0.220 e. The number of aliphatic hydroxyl groups is 1. The molecule has 0 aliphatic heterocycles. The van der Waals surface area contributed by atoms with E-state index in [-0.39, 0.29) is 43.3 Å². The average Bonchev–Trinajstić information content (AvgIpc) is 2.69. The Balaban J connectivity index is 0. The minimum Gasteiger partial charge on any atom is -0.396 e. The lowest BCUT2D eigenvalue weighted by molar-refractivity contribution is -0.124. The Labute approximate surface area is 216 Å². The minimum absolute atomic E-state index is 0. The van der Waals surface area contributed by atoms with E-state index in [1.165, 1.54) is 0 Å². The highest BCUT2D eigenvalue weighted by atomic mass is 16.5. The monoisotopic (exact) mass is 503 g/mol. The SMILES string of the molecule is COCCOC(C)(C)CCOC(C)(C)CCC(=O)NCCOC(C)(C)CCOC(C)(C)CCO.[BH]. The third-order valence-electron chi connectivity index (χ3n) is 5.76. The molecule has 0 fully saturated rings. The van der Waals surface area contributed by atoms with Gasteiger partial charge in [-0.25, -0.2) is 0 Å². The molecule has 0 aromatic heterocycles. The van der Waals surface area contributed by atoms with Crippen LogP contribution < -0.4 is 5.32 Å². The van der Waals surface area contributed by atoms with Crippen molar-refractivity contribution in [2.45, 2.75) is 110 Å². The van der Waals surface area contributed by atoms with Crippen LogP contribution in [0.3, 0.4) is 0 Å². The van der Waals surface area contributed by atoms with Gasteiger partial charge in [0.15, 0.2) is 0 Å². The lowest BCUT2D eigenvalue weighted by Gasteiger charge is -2.30. The normalized spacial score (nSPS) is 13.0. The fraction of sp³-hybridized carbons (Fsp3) is 0.962. The van der Waals surface area contributed by atoms with Crippen LogP contribution in [-0.4, -0.2) is 95.1 Å².